The standard InChI is InChI=1S/C17H20FN3O/c1-3-12(2)21-14-8-9-16(19-11-14)17(22)20-10-13-6-4-5-7-15(13)18/h4-9,11-12,21H,3,10H2,1-2H3,(H,20,22). The molecule has 0 saturated carbocycles. The number of benzene rings is 1. The zero-order valence-electron chi connectivity index (χ0n) is 12.8. The number of hydrogen-bond acceptors (Lipinski definition) is 3. The zero-order valence-corrected chi connectivity index (χ0v) is 12.8. The third-order valence-corrected chi connectivity index (χ3v) is 3.42. The minimum absolute atomic E-state index is 0.139. The molecule has 0 spiro atoms. The van der Waals surface area contributed by atoms with Gasteiger partial charge in [0.1, 0.15) is 11.5 Å². The second-order valence-electron chi connectivity index (χ2n) is 5.16. The highest BCUT2D eigenvalue weighted by molar-refractivity contribution is 5.92. The van der Waals surface area contributed by atoms with Crippen LogP contribution in [0.5, 0.6) is 0 Å². The second-order valence-corrected chi connectivity index (χ2v) is 5.16. The van der Waals surface area contributed by atoms with E-state index in [1.807, 2.05) is 6.07 Å². The SMILES string of the molecule is CCC(C)Nc1ccc(C(=O)NCc2ccccc2F)nc1. The van der Waals surface area contributed by atoms with Crippen LogP contribution in [0.4, 0.5) is 10.1 Å². The predicted octanol–water partition coefficient (Wildman–Crippen LogP) is 3.36. The first-order chi connectivity index (χ1) is 10.6. The summed E-state index contributed by atoms with van der Waals surface area (Å²) < 4.78 is 13.5. The van der Waals surface area contributed by atoms with Crippen LogP contribution in [0.2, 0.25) is 0 Å². The summed E-state index contributed by atoms with van der Waals surface area (Å²) in [5.74, 6) is -0.651. The lowest BCUT2D eigenvalue weighted by Gasteiger charge is -2.12. The Morgan fingerprint density at radius 2 is 2.05 bits per heavy atom. The number of hydrogen-bond donors (Lipinski definition) is 2. The Balaban J connectivity index is 1.94. The Morgan fingerprint density at radius 3 is 2.68 bits per heavy atom. The van der Waals surface area contributed by atoms with Crippen LogP contribution < -0.4 is 10.6 Å². The van der Waals surface area contributed by atoms with Gasteiger partial charge in [-0.1, -0.05) is 25.1 Å². The zero-order chi connectivity index (χ0) is 15.9. The summed E-state index contributed by atoms with van der Waals surface area (Å²) in [6, 6.07) is 10.2. The maximum Gasteiger partial charge on any atom is 0.270 e. The Bertz CT molecular complexity index is 628. The smallest absolute Gasteiger partial charge is 0.270 e. The molecule has 0 saturated heterocycles. The molecule has 1 atom stereocenters. The Hall–Kier alpha value is -2.43. The van der Waals surface area contributed by atoms with Crippen molar-refractivity contribution in [2.75, 3.05) is 5.32 Å². The molecule has 116 valence electrons. The summed E-state index contributed by atoms with van der Waals surface area (Å²) in [5, 5.41) is 5.94. The van der Waals surface area contributed by atoms with E-state index in [9.17, 15) is 9.18 Å². The van der Waals surface area contributed by atoms with E-state index in [1.165, 1.54) is 6.07 Å². The molecule has 1 aromatic carbocycles. The topological polar surface area (TPSA) is 54.0 Å². The van der Waals surface area contributed by atoms with Gasteiger partial charge in [0.05, 0.1) is 11.9 Å². The summed E-state index contributed by atoms with van der Waals surface area (Å²) in [4.78, 5) is 16.1. The van der Waals surface area contributed by atoms with E-state index in [4.69, 9.17) is 0 Å². The highest BCUT2D eigenvalue weighted by atomic mass is 19.1. The molecule has 0 aliphatic carbocycles. The maximum absolute atomic E-state index is 13.5. The highest BCUT2D eigenvalue weighted by Gasteiger charge is 2.09. The lowest BCUT2D eigenvalue weighted by atomic mass is 10.2. The van der Waals surface area contributed by atoms with Crippen LogP contribution in [0.3, 0.4) is 0 Å². The predicted molar refractivity (Wildman–Crippen MR) is 85.2 cm³/mol. The number of nitrogens with one attached hydrogen (secondary N) is 2. The van der Waals surface area contributed by atoms with Crippen molar-refractivity contribution in [3.8, 4) is 0 Å². The molecule has 0 fully saturated rings. The summed E-state index contributed by atoms with van der Waals surface area (Å²) >= 11 is 0. The molecule has 1 heterocycles. The van der Waals surface area contributed by atoms with Crippen LogP contribution in [0.15, 0.2) is 42.6 Å². The van der Waals surface area contributed by atoms with Gasteiger partial charge in [0.2, 0.25) is 0 Å². The van der Waals surface area contributed by atoms with Gasteiger partial charge in [-0.15, -0.1) is 0 Å². The van der Waals surface area contributed by atoms with Crippen molar-refractivity contribution in [2.24, 2.45) is 0 Å². The fourth-order valence-electron chi connectivity index (χ4n) is 1.91. The molecule has 5 heteroatoms. The van der Waals surface area contributed by atoms with Gasteiger partial charge in [0.25, 0.3) is 5.91 Å². The van der Waals surface area contributed by atoms with Gasteiger partial charge in [-0.3, -0.25) is 4.79 Å². The fourth-order valence-corrected chi connectivity index (χ4v) is 1.91. The summed E-state index contributed by atoms with van der Waals surface area (Å²) in [6.07, 6.45) is 2.63. The quantitative estimate of drug-likeness (QED) is 0.860. The van der Waals surface area contributed by atoms with E-state index in [0.717, 1.165) is 12.1 Å². The number of rotatable bonds is 6. The molecule has 2 aromatic rings. The molecule has 0 aliphatic rings. The molecule has 1 amide bonds. The molecule has 1 aromatic heterocycles. The Kier molecular flexibility index (Phi) is 5.47. The lowest BCUT2D eigenvalue weighted by molar-refractivity contribution is 0.0945. The number of pyridine rings is 1. The van der Waals surface area contributed by atoms with Gasteiger partial charge >= 0.3 is 0 Å². The van der Waals surface area contributed by atoms with Crippen LogP contribution in [0.1, 0.15) is 36.3 Å². The molecule has 4 nitrogen and oxygen atoms in total. The first-order valence-electron chi connectivity index (χ1n) is 7.34. The number of halogens is 1. The summed E-state index contributed by atoms with van der Waals surface area (Å²) in [5.41, 5.74) is 1.64. The minimum Gasteiger partial charge on any atom is -0.381 e. The van der Waals surface area contributed by atoms with E-state index in [1.54, 1.807) is 30.5 Å². The normalized spacial score (nSPS) is 11.8. The number of carbonyl (C=O) groups excluding carboxylic acids is 1. The molecule has 2 N–H and O–H groups in total. The van der Waals surface area contributed by atoms with E-state index in [-0.39, 0.29) is 18.3 Å². The van der Waals surface area contributed by atoms with Gasteiger partial charge in [-0.05, 0) is 31.5 Å². The Morgan fingerprint density at radius 1 is 1.27 bits per heavy atom. The van der Waals surface area contributed by atoms with Crippen molar-refractivity contribution >= 4 is 11.6 Å². The molecule has 2 rings (SSSR count). The van der Waals surface area contributed by atoms with E-state index >= 15 is 0 Å². The van der Waals surface area contributed by atoms with Crippen molar-refractivity contribution in [2.45, 2.75) is 32.9 Å². The number of amides is 1. The van der Waals surface area contributed by atoms with Gasteiger partial charge in [-0.2, -0.15) is 0 Å². The molecule has 0 bridgehead atoms. The largest absolute Gasteiger partial charge is 0.381 e. The van der Waals surface area contributed by atoms with Gasteiger partial charge < -0.3 is 10.6 Å². The molecule has 0 aliphatic heterocycles. The second kappa shape index (κ2) is 7.54. The number of anilines is 1. The van der Waals surface area contributed by atoms with Gasteiger partial charge in [0, 0.05) is 18.2 Å². The van der Waals surface area contributed by atoms with Crippen molar-refractivity contribution in [3.63, 3.8) is 0 Å². The molecule has 0 radical (unpaired) electrons. The van der Waals surface area contributed by atoms with Crippen molar-refractivity contribution in [3.05, 3.63) is 59.7 Å². The highest BCUT2D eigenvalue weighted by Crippen LogP contribution is 2.10. The van der Waals surface area contributed by atoms with Gasteiger partial charge in [-0.25, -0.2) is 9.37 Å². The average molecular weight is 301 g/mol. The van der Waals surface area contributed by atoms with Crippen LogP contribution >= 0.6 is 0 Å². The van der Waals surface area contributed by atoms with Crippen molar-refractivity contribution in [1.82, 2.24) is 10.3 Å². The average Bonchev–Trinajstić information content (AvgIpc) is 2.54. The van der Waals surface area contributed by atoms with Crippen LogP contribution in [0.25, 0.3) is 0 Å². The minimum atomic E-state index is -0.330. The number of carbonyl (C=O) groups is 1. The van der Waals surface area contributed by atoms with Crippen LogP contribution in [0, 0.1) is 5.82 Å². The van der Waals surface area contributed by atoms with Gasteiger partial charge in [0.15, 0.2) is 0 Å². The number of aromatic nitrogens is 1. The maximum atomic E-state index is 13.5. The van der Waals surface area contributed by atoms with E-state index < -0.39 is 0 Å². The van der Waals surface area contributed by atoms with Crippen molar-refractivity contribution in [1.29, 1.82) is 0 Å². The first-order valence-corrected chi connectivity index (χ1v) is 7.34. The van der Waals surface area contributed by atoms with Crippen molar-refractivity contribution < 1.29 is 9.18 Å². The Labute approximate surface area is 129 Å². The molecule has 22 heavy (non-hydrogen) atoms. The summed E-state index contributed by atoms with van der Waals surface area (Å²) in [7, 11) is 0. The first kappa shape index (κ1) is 15.9. The number of nitrogens with zero attached hydrogens (tertiary/aromatic N) is 1. The monoisotopic (exact) mass is 301 g/mol. The lowest BCUT2D eigenvalue weighted by Crippen LogP contribution is -2.24. The molecular weight excluding hydrogens is 281 g/mol. The molecule has 1 unspecified atom stereocenters. The van der Waals surface area contributed by atoms with Crippen LogP contribution in [-0.4, -0.2) is 16.9 Å². The van der Waals surface area contributed by atoms with Crippen LogP contribution in [-0.2, 0) is 6.54 Å². The van der Waals surface area contributed by atoms with E-state index in [2.05, 4.69) is 29.5 Å². The third kappa shape index (κ3) is 4.28. The summed E-state index contributed by atoms with van der Waals surface area (Å²) in [6.45, 7) is 4.31. The van der Waals surface area contributed by atoms with E-state index in [0.29, 0.717) is 17.3 Å². The fraction of sp³-hybridized carbons (Fsp3) is 0.294. The third-order valence-electron chi connectivity index (χ3n) is 3.42. The molecular formula is C17H20FN3O.